The number of aryl methyl sites for hydroxylation is 1. The van der Waals surface area contributed by atoms with Crippen molar-refractivity contribution in [3.8, 4) is 23.1 Å². The number of ether oxygens (including phenoxy) is 3. The van der Waals surface area contributed by atoms with Crippen LogP contribution >= 0.6 is 34.8 Å². The fourth-order valence-electron chi connectivity index (χ4n) is 5.85. The number of hydrogen-bond donors (Lipinski definition) is 0. The summed E-state index contributed by atoms with van der Waals surface area (Å²) in [7, 11) is 0. The summed E-state index contributed by atoms with van der Waals surface area (Å²) in [6.07, 6.45) is 4.12. The Morgan fingerprint density at radius 1 is 0.808 bits per heavy atom. The van der Waals surface area contributed by atoms with Crippen LogP contribution in [-0.4, -0.2) is 53.5 Å². The van der Waals surface area contributed by atoms with Crippen molar-refractivity contribution < 1.29 is 19.0 Å². The molecule has 268 valence electrons. The van der Waals surface area contributed by atoms with Gasteiger partial charge in [0.05, 0.1) is 17.8 Å². The average molecular weight is 757 g/mol. The maximum Gasteiger partial charge on any atom is 0.246 e. The molecule has 52 heavy (non-hydrogen) atoms. The molecule has 0 atom stereocenters. The number of halogens is 3. The van der Waals surface area contributed by atoms with Gasteiger partial charge in [-0.2, -0.15) is 0 Å². The summed E-state index contributed by atoms with van der Waals surface area (Å²) >= 11 is 18.9. The lowest BCUT2D eigenvalue weighted by molar-refractivity contribution is -0.127. The van der Waals surface area contributed by atoms with Crippen LogP contribution in [0, 0.1) is 6.92 Å². The van der Waals surface area contributed by atoms with Gasteiger partial charge in [0.1, 0.15) is 18.1 Å². The van der Waals surface area contributed by atoms with Crippen LogP contribution in [0.2, 0.25) is 15.1 Å². The molecule has 1 fully saturated rings. The summed E-state index contributed by atoms with van der Waals surface area (Å²) in [5.41, 5.74) is 5.90. The van der Waals surface area contributed by atoms with E-state index in [1.165, 1.54) is 11.1 Å². The third kappa shape index (κ3) is 10.3. The number of amides is 1. The molecule has 5 aromatic rings. The zero-order valence-electron chi connectivity index (χ0n) is 29.2. The highest BCUT2D eigenvalue weighted by Gasteiger charge is 2.21. The highest BCUT2D eigenvalue weighted by atomic mass is 35.5. The Bertz CT molecular complexity index is 1970. The molecule has 7 nitrogen and oxygen atoms in total. The zero-order valence-corrected chi connectivity index (χ0v) is 31.4. The summed E-state index contributed by atoms with van der Waals surface area (Å²) < 4.78 is 17.7. The SMILES string of the molecule is C/C(=C/C(=O)N1CCN(Cc2ccc(CCOc3ccc(Cl)cc3)cc2)CC1)c1cc(C)c(Oc2ccc(OCc3ccccc3Cl)cn2)c(Cl)c1. The molecule has 0 saturated carbocycles. The van der Waals surface area contributed by atoms with Crippen molar-refractivity contribution in [1.29, 1.82) is 0 Å². The lowest BCUT2D eigenvalue weighted by Gasteiger charge is -2.34. The molecule has 1 amide bonds. The summed E-state index contributed by atoms with van der Waals surface area (Å²) in [6.45, 7) is 8.61. The number of aromatic nitrogens is 1. The molecule has 0 N–H and O–H groups in total. The Morgan fingerprint density at radius 3 is 2.21 bits per heavy atom. The Kier molecular flexibility index (Phi) is 12.7. The smallest absolute Gasteiger partial charge is 0.246 e. The molecule has 0 bridgehead atoms. The van der Waals surface area contributed by atoms with Crippen LogP contribution in [0.3, 0.4) is 0 Å². The molecule has 4 aromatic carbocycles. The van der Waals surface area contributed by atoms with Crippen molar-refractivity contribution in [2.75, 3.05) is 32.8 Å². The van der Waals surface area contributed by atoms with Crippen LogP contribution in [0.4, 0.5) is 0 Å². The minimum Gasteiger partial charge on any atom is -0.493 e. The van der Waals surface area contributed by atoms with Crippen molar-refractivity contribution in [3.05, 3.63) is 152 Å². The number of nitrogens with zero attached hydrogens (tertiary/aromatic N) is 3. The molecular weight excluding hydrogens is 717 g/mol. The fraction of sp³-hybridized carbons (Fsp3) is 0.238. The van der Waals surface area contributed by atoms with Crippen molar-refractivity contribution in [1.82, 2.24) is 14.8 Å². The number of allylic oxidation sites excluding steroid dienone is 1. The first-order chi connectivity index (χ1) is 25.2. The first-order valence-electron chi connectivity index (χ1n) is 17.2. The summed E-state index contributed by atoms with van der Waals surface area (Å²) in [6, 6.07) is 30.9. The van der Waals surface area contributed by atoms with Crippen LogP contribution in [0.1, 0.15) is 34.7 Å². The zero-order chi connectivity index (χ0) is 36.5. The van der Waals surface area contributed by atoms with Gasteiger partial charge < -0.3 is 19.1 Å². The molecule has 0 aliphatic carbocycles. The van der Waals surface area contributed by atoms with Crippen molar-refractivity contribution in [2.45, 2.75) is 33.4 Å². The highest BCUT2D eigenvalue weighted by molar-refractivity contribution is 6.32. The maximum atomic E-state index is 13.3. The van der Waals surface area contributed by atoms with Crippen LogP contribution < -0.4 is 14.2 Å². The third-order valence-corrected chi connectivity index (χ3v) is 9.78. The van der Waals surface area contributed by atoms with Gasteiger partial charge in [0, 0.05) is 66.9 Å². The molecular formula is C42H40Cl3N3O4. The Balaban J connectivity index is 0.958. The molecule has 6 rings (SSSR count). The van der Waals surface area contributed by atoms with E-state index in [0.717, 1.165) is 54.1 Å². The van der Waals surface area contributed by atoms with E-state index in [-0.39, 0.29) is 5.91 Å². The van der Waals surface area contributed by atoms with E-state index in [0.29, 0.717) is 58.8 Å². The highest BCUT2D eigenvalue weighted by Crippen LogP contribution is 2.35. The third-order valence-electron chi connectivity index (χ3n) is 8.88. The molecule has 0 unspecified atom stereocenters. The van der Waals surface area contributed by atoms with E-state index in [1.807, 2.05) is 79.4 Å². The van der Waals surface area contributed by atoms with E-state index >= 15 is 0 Å². The molecule has 1 saturated heterocycles. The summed E-state index contributed by atoms with van der Waals surface area (Å²) in [4.78, 5) is 21.9. The van der Waals surface area contributed by atoms with Crippen LogP contribution in [0.5, 0.6) is 23.1 Å². The normalized spacial score (nSPS) is 13.6. The molecule has 0 spiro atoms. The van der Waals surface area contributed by atoms with Gasteiger partial charge in [-0.3, -0.25) is 9.69 Å². The second-order valence-electron chi connectivity index (χ2n) is 12.7. The maximum absolute atomic E-state index is 13.3. The van der Waals surface area contributed by atoms with Gasteiger partial charge in [-0.1, -0.05) is 77.3 Å². The average Bonchev–Trinajstić information content (AvgIpc) is 3.15. The number of rotatable bonds is 13. The number of piperazine rings is 1. The van der Waals surface area contributed by atoms with Gasteiger partial charge in [0.2, 0.25) is 11.8 Å². The lowest BCUT2D eigenvalue weighted by Crippen LogP contribution is -2.47. The number of hydrogen-bond acceptors (Lipinski definition) is 6. The second kappa shape index (κ2) is 17.8. The minimum atomic E-state index is -0.00234. The Morgan fingerprint density at radius 2 is 1.52 bits per heavy atom. The fourth-order valence-corrected chi connectivity index (χ4v) is 6.48. The molecule has 0 radical (unpaired) electrons. The monoisotopic (exact) mass is 755 g/mol. The number of benzene rings is 4. The van der Waals surface area contributed by atoms with Crippen LogP contribution in [0.25, 0.3) is 5.57 Å². The second-order valence-corrected chi connectivity index (χ2v) is 14.0. The summed E-state index contributed by atoms with van der Waals surface area (Å²) in [5, 5.41) is 1.79. The lowest BCUT2D eigenvalue weighted by atomic mass is 10.0. The van der Waals surface area contributed by atoms with Gasteiger partial charge >= 0.3 is 0 Å². The Hall–Kier alpha value is -4.53. The predicted molar refractivity (Wildman–Crippen MR) is 209 cm³/mol. The molecule has 2 heterocycles. The van der Waals surface area contributed by atoms with E-state index in [4.69, 9.17) is 49.0 Å². The molecule has 1 aliphatic heterocycles. The van der Waals surface area contributed by atoms with Gasteiger partial charge in [-0.05, 0) is 90.2 Å². The first-order valence-corrected chi connectivity index (χ1v) is 18.3. The largest absolute Gasteiger partial charge is 0.493 e. The van der Waals surface area contributed by atoms with Crippen LogP contribution in [0.15, 0.2) is 109 Å². The van der Waals surface area contributed by atoms with Crippen molar-refractivity contribution in [2.24, 2.45) is 0 Å². The Labute approximate surface area is 320 Å². The van der Waals surface area contributed by atoms with Crippen molar-refractivity contribution in [3.63, 3.8) is 0 Å². The van der Waals surface area contributed by atoms with Gasteiger partial charge in [0.25, 0.3) is 0 Å². The summed E-state index contributed by atoms with van der Waals surface area (Å²) in [5.74, 6) is 2.31. The predicted octanol–water partition coefficient (Wildman–Crippen LogP) is 10.1. The van der Waals surface area contributed by atoms with Gasteiger partial charge in [-0.25, -0.2) is 4.98 Å². The minimum absolute atomic E-state index is 0.00234. The van der Waals surface area contributed by atoms with Crippen molar-refractivity contribution >= 4 is 46.3 Å². The van der Waals surface area contributed by atoms with E-state index in [9.17, 15) is 4.79 Å². The first kappa shape index (κ1) is 37.2. The van der Waals surface area contributed by atoms with Gasteiger partial charge in [-0.15, -0.1) is 0 Å². The molecule has 10 heteroatoms. The van der Waals surface area contributed by atoms with Crippen LogP contribution in [-0.2, 0) is 24.4 Å². The number of carbonyl (C=O) groups is 1. The number of carbonyl (C=O) groups excluding carboxylic acids is 1. The van der Waals surface area contributed by atoms with E-state index < -0.39 is 0 Å². The van der Waals surface area contributed by atoms with E-state index in [2.05, 4.69) is 34.1 Å². The molecule has 1 aromatic heterocycles. The quantitative estimate of drug-likeness (QED) is 0.112. The molecule has 1 aliphatic rings. The topological polar surface area (TPSA) is 64.1 Å². The van der Waals surface area contributed by atoms with Gasteiger partial charge in [0.15, 0.2) is 5.75 Å². The van der Waals surface area contributed by atoms with E-state index in [1.54, 1.807) is 24.4 Å². The number of pyridine rings is 1. The standard InChI is InChI=1S/C42H40Cl3N3O4/c1-29(34-23-30(2)42(39(45)25-34)52-40-16-15-37(26-46-40)51-28-33-5-3-4-6-38(33)44)24-41(49)48-20-18-47(19-21-48)27-32-9-7-31(8-10-32)17-22-50-36-13-11-35(43)12-14-36/h3-16,23-26H,17-22,27-28H2,1-2H3/b29-24-.